The summed E-state index contributed by atoms with van der Waals surface area (Å²) in [5, 5.41) is 0. The Morgan fingerprint density at radius 1 is 1.44 bits per heavy atom. The fraction of sp³-hybridized carbons (Fsp3) is 0.714. The molecule has 0 N–H and O–H groups in total. The Bertz CT molecular complexity index is 71.3. The van der Waals surface area contributed by atoms with Crippen LogP contribution in [0.1, 0.15) is 13.3 Å². The van der Waals surface area contributed by atoms with Gasteiger partial charge in [-0.25, -0.2) is 0 Å². The number of allylic oxidation sites excluding steroid dienone is 1. The number of rotatable bonds is 5. The maximum atomic E-state index is 5.42. The van der Waals surface area contributed by atoms with Gasteiger partial charge in [-0.1, -0.05) is 19.1 Å². The molecule has 2 heteroatoms. The quantitative estimate of drug-likeness (QED) is 0.342. The van der Waals surface area contributed by atoms with Crippen LogP contribution in [0.25, 0.3) is 0 Å². The topological polar surface area (TPSA) is 0 Å². The summed E-state index contributed by atoms with van der Waals surface area (Å²) in [5.74, 6) is 3.01. The average molecular weight is 165 g/mol. The first-order valence-corrected chi connectivity index (χ1v) is 4.89. The number of alkyl halides is 1. The first-order chi connectivity index (χ1) is 4.41. The van der Waals surface area contributed by atoms with Crippen LogP contribution in [0, 0.1) is 0 Å². The van der Waals surface area contributed by atoms with Crippen molar-refractivity contribution in [2.45, 2.75) is 13.3 Å². The van der Waals surface area contributed by atoms with Gasteiger partial charge in [0.25, 0.3) is 0 Å². The minimum atomic E-state index is 0.646. The first-order valence-electron chi connectivity index (χ1n) is 3.20. The highest BCUT2D eigenvalue weighted by atomic mass is 35.5. The number of halogens is 1. The fourth-order valence-corrected chi connectivity index (χ4v) is 1.28. The molecule has 0 rings (SSSR count). The molecule has 0 fully saturated rings. The van der Waals surface area contributed by atoms with Gasteiger partial charge in [0.15, 0.2) is 0 Å². The van der Waals surface area contributed by atoms with Gasteiger partial charge in [-0.3, -0.25) is 0 Å². The SMILES string of the molecule is CCCSC/C=C/CCl. The lowest BCUT2D eigenvalue weighted by Crippen LogP contribution is -1.75. The van der Waals surface area contributed by atoms with Crippen LogP contribution in [-0.2, 0) is 0 Å². The lowest BCUT2D eigenvalue weighted by atomic mass is 10.6. The Morgan fingerprint density at radius 2 is 2.22 bits per heavy atom. The second-order valence-corrected chi connectivity index (χ2v) is 3.16. The van der Waals surface area contributed by atoms with Gasteiger partial charge < -0.3 is 0 Å². The fourth-order valence-electron chi connectivity index (χ4n) is 0.427. The molecule has 0 aliphatic carbocycles. The summed E-state index contributed by atoms with van der Waals surface area (Å²) in [4.78, 5) is 0. The molecule has 0 amide bonds. The highest BCUT2D eigenvalue weighted by Gasteiger charge is 1.79. The van der Waals surface area contributed by atoms with Crippen molar-refractivity contribution in [3.05, 3.63) is 12.2 Å². The van der Waals surface area contributed by atoms with Crippen molar-refractivity contribution in [3.8, 4) is 0 Å². The van der Waals surface area contributed by atoms with Gasteiger partial charge in [-0.15, -0.1) is 11.6 Å². The summed E-state index contributed by atoms with van der Waals surface area (Å²) in [6, 6.07) is 0. The monoisotopic (exact) mass is 164 g/mol. The van der Waals surface area contributed by atoms with Gasteiger partial charge in [0.1, 0.15) is 0 Å². The molecule has 0 aliphatic heterocycles. The van der Waals surface area contributed by atoms with Crippen LogP contribution >= 0.6 is 23.4 Å². The third-order valence-corrected chi connectivity index (χ3v) is 2.12. The maximum absolute atomic E-state index is 5.42. The summed E-state index contributed by atoms with van der Waals surface area (Å²) >= 11 is 7.37. The van der Waals surface area contributed by atoms with E-state index in [0.29, 0.717) is 5.88 Å². The molecule has 0 bridgehead atoms. The molecule has 0 atom stereocenters. The van der Waals surface area contributed by atoms with E-state index in [4.69, 9.17) is 11.6 Å². The van der Waals surface area contributed by atoms with E-state index < -0.39 is 0 Å². The molecule has 0 saturated carbocycles. The van der Waals surface area contributed by atoms with E-state index in [1.54, 1.807) is 0 Å². The van der Waals surface area contributed by atoms with Crippen molar-refractivity contribution in [2.75, 3.05) is 17.4 Å². The average Bonchev–Trinajstić information content (AvgIpc) is 1.89. The number of hydrogen-bond donors (Lipinski definition) is 0. The molecular formula is C7H13ClS. The Labute approximate surface area is 66.7 Å². The zero-order chi connectivity index (χ0) is 6.95. The van der Waals surface area contributed by atoms with Crippen molar-refractivity contribution in [2.24, 2.45) is 0 Å². The van der Waals surface area contributed by atoms with Crippen LogP contribution in [0.15, 0.2) is 12.2 Å². The standard InChI is InChI=1S/C7H13ClS/c1-2-6-9-7-4-3-5-8/h3-4H,2,5-7H2,1H3/b4-3+. The van der Waals surface area contributed by atoms with Gasteiger partial charge >= 0.3 is 0 Å². The summed E-state index contributed by atoms with van der Waals surface area (Å²) in [5.41, 5.74) is 0. The lowest BCUT2D eigenvalue weighted by molar-refractivity contribution is 1.11. The van der Waals surface area contributed by atoms with Gasteiger partial charge in [0.05, 0.1) is 0 Å². The van der Waals surface area contributed by atoms with Crippen molar-refractivity contribution in [1.82, 2.24) is 0 Å². The molecule has 0 nitrogen and oxygen atoms in total. The molecule has 54 valence electrons. The summed E-state index contributed by atoms with van der Waals surface area (Å²) in [6.45, 7) is 2.19. The second kappa shape index (κ2) is 8.38. The summed E-state index contributed by atoms with van der Waals surface area (Å²) in [7, 11) is 0. The van der Waals surface area contributed by atoms with E-state index in [0.717, 1.165) is 5.75 Å². The molecule has 0 aliphatic rings. The Balaban J connectivity index is 2.82. The van der Waals surface area contributed by atoms with Gasteiger partial charge in [-0.05, 0) is 12.2 Å². The Hall–Kier alpha value is 0.380. The molecule has 0 aromatic rings. The minimum Gasteiger partial charge on any atom is -0.158 e. The maximum Gasteiger partial charge on any atom is 0.0404 e. The van der Waals surface area contributed by atoms with Crippen molar-refractivity contribution >= 4 is 23.4 Å². The van der Waals surface area contributed by atoms with E-state index in [9.17, 15) is 0 Å². The van der Waals surface area contributed by atoms with Crippen LogP contribution in [0.4, 0.5) is 0 Å². The second-order valence-electron chi connectivity index (χ2n) is 1.70. The number of hydrogen-bond acceptors (Lipinski definition) is 1. The van der Waals surface area contributed by atoms with E-state index in [1.165, 1.54) is 12.2 Å². The van der Waals surface area contributed by atoms with Crippen molar-refractivity contribution in [1.29, 1.82) is 0 Å². The number of thioether (sulfide) groups is 1. The highest BCUT2D eigenvalue weighted by Crippen LogP contribution is 2.01. The predicted molar refractivity (Wildman–Crippen MR) is 47.5 cm³/mol. The molecule has 0 aromatic heterocycles. The largest absolute Gasteiger partial charge is 0.158 e. The highest BCUT2D eigenvalue weighted by molar-refractivity contribution is 7.99. The lowest BCUT2D eigenvalue weighted by Gasteiger charge is -1.90. The zero-order valence-corrected chi connectivity index (χ0v) is 7.34. The van der Waals surface area contributed by atoms with Crippen LogP contribution in [-0.4, -0.2) is 17.4 Å². The smallest absolute Gasteiger partial charge is 0.0404 e. The van der Waals surface area contributed by atoms with Crippen LogP contribution in [0.3, 0.4) is 0 Å². The Morgan fingerprint density at radius 3 is 2.78 bits per heavy atom. The molecule has 9 heavy (non-hydrogen) atoms. The van der Waals surface area contributed by atoms with Crippen molar-refractivity contribution in [3.63, 3.8) is 0 Å². The van der Waals surface area contributed by atoms with Crippen LogP contribution in [0.5, 0.6) is 0 Å². The molecule has 0 spiro atoms. The van der Waals surface area contributed by atoms with Crippen molar-refractivity contribution < 1.29 is 0 Å². The molecule has 0 saturated heterocycles. The predicted octanol–water partition coefficient (Wildman–Crippen LogP) is 2.92. The molecular weight excluding hydrogens is 152 g/mol. The van der Waals surface area contributed by atoms with E-state index >= 15 is 0 Å². The zero-order valence-electron chi connectivity index (χ0n) is 5.77. The third-order valence-electron chi connectivity index (χ3n) is 0.818. The third kappa shape index (κ3) is 8.38. The van der Waals surface area contributed by atoms with E-state index in [2.05, 4.69) is 13.0 Å². The van der Waals surface area contributed by atoms with E-state index in [1.807, 2.05) is 17.8 Å². The molecule has 0 aromatic carbocycles. The molecule has 0 unspecified atom stereocenters. The summed E-state index contributed by atoms with van der Waals surface area (Å²) in [6.07, 6.45) is 5.37. The van der Waals surface area contributed by atoms with Crippen LogP contribution in [0.2, 0.25) is 0 Å². The normalized spacial score (nSPS) is 10.9. The summed E-state index contributed by atoms with van der Waals surface area (Å²) < 4.78 is 0. The van der Waals surface area contributed by atoms with Gasteiger partial charge in [0, 0.05) is 11.6 Å². The molecule has 0 heterocycles. The first kappa shape index (κ1) is 9.38. The Kier molecular flexibility index (Phi) is 8.73. The minimum absolute atomic E-state index is 0.646. The van der Waals surface area contributed by atoms with Gasteiger partial charge in [-0.2, -0.15) is 11.8 Å². The van der Waals surface area contributed by atoms with E-state index in [-0.39, 0.29) is 0 Å². The molecule has 0 radical (unpaired) electrons. The van der Waals surface area contributed by atoms with Crippen LogP contribution < -0.4 is 0 Å². The van der Waals surface area contributed by atoms with Gasteiger partial charge in [0.2, 0.25) is 0 Å².